The van der Waals surface area contributed by atoms with E-state index in [2.05, 4.69) is 273 Å². The summed E-state index contributed by atoms with van der Waals surface area (Å²) < 4.78 is 0. The average Bonchev–Trinajstić information content (AvgIpc) is 0.703. The van der Waals surface area contributed by atoms with Gasteiger partial charge in [-0.25, -0.2) is 39.9 Å². The van der Waals surface area contributed by atoms with Gasteiger partial charge >= 0.3 is 0 Å². The van der Waals surface area contributed by atoms with Crippen molar-refractivity contribution < 1.29 is 0 Å². The molecule has 0 bridgehead atoms. The van der Waals surface area contributed by atoms with Crippen molar-refractivity contribution in [3.05, 3.63) is 279 Å². The van der Waals surface area contributed by atoms with Crippen LogP contribution in [0.1, 0.15) is 49.9 Å². The largest absolute Gasteiger partial charge is 0.309 e. The molecule has 12 aromatic carbocycles. The Morgan fingerprint density at radius 2 is 0.478 bits per heavy atom. The van der Waals surface area contributed by atoms with Crippen LogP contribution in [0.3, 0.4) is 0 Å². The summed E-state index contributed by atoms with van der Waals surface area (Å²) in [4.78, 5) is 47.4. The Morgan fingerprint density at radius 3 is 0.696 bits per heavy atom. The van der Waals surface area contributed by atoms with Gasteiger partial charge in [0.05, 0.1) is 67.6 Å². The van der Waals surface area contributed by atoms with Crippen LogP contribution >= 0.6 is 0 Å². The predicted molar refractivity (Wildman–Crippen MR) is 379 cm³/mol. The Hall–Kier alpha value is -11.8. The smallest absolute Gasteiger partial charge is 0.116 e. The van der Waals surface area contributed by atoms with Gasteiger partial charge in [0.25, 0.3) is 0 Å². The summed E-state index contributed by atoms with van der Waals surface area (Å²) in [7, 11) is 0. The molecular formula is C80H62N12. The van der Waals surface area contributed by atoms with Gasteiger partial charge in [0, 0.05) is 101 Å². The zero-order valence-electron chi connectivity index (χ0n) is 51.4. The first-order valence-corrected chi connectivity index (χ1v) is 31.6. The van der Waals surface area contributed by atoms with Gasteiger partial charge in [-0.1, -0.05) is 125 Å². The fourth-order valence-electron chi connectivity index (χ4n) is 13.8. The van der Waals surface area contributed by atoms with Gasteiger partial charge in [0.2, 0.25) is 0 Å². The van der Waals surface area contributed by atoms with Crippen LogP contribution in [0.15, 0.2) is 256 Å². The molecule has 0 saturated carbocycles. The van der Waals surface area contributed by atoms with Crippen LogP contribution in [-0.4, -0.2) is 39.9 Å². The van der Waals surface area contributed by atoms with Gasteiger partial charge in [-0.05, 0) is 157 Å². The zero-order chi connectivity index (χ0) is 61.8. The maximum Gasteiger partial charge on any atom is 0.116 e. The molecule has 12 heteroatoms. The van der Waals surface area contributed by atoms with Crippen molar-refractivity contribution in [2.75, 3.05) is 19.6 Å². The van der Waals surface area contributed by atoms with Crippen LogP contribution in [-0.2, 0) is 25.7 Å². The van der Waals surface area contributed by atoms with E-state index in [0.29, 0.717) is 0 Å². The van der Waals surface area contributed by atoms with Gasteiger partial charge in [-0.3, -0.25) is 0 Å². The van der Waals surface area contributed by atoms with E-state index in [4.69, 9.17) is 19.9 Å². The van der Waals surface area contributed by atoms with E-state index in [1.165, 1.54) is 0 Å². The lowest BCUT2D eigenvalue weighted by Gasteiger charge is -2.36. The maximum absolute atomic E-state index is 4.80. The second kappa shape index (κ2) is 23.3. The van der Waals surface area contributed by atoms with Crippen LogP contribution < -0.4 is 19.6 Å². The topological polar surface area (TPSA) is 116 Å². The van der Waals surface area contributed by atoms with Crippen molar-refractivity contribution in [2.45, 2.75) is 53.4 Å². The molecule has 442 valence electrons. The third-order valence-electron chi connectivity index (χ3n) is 18.1. The maximum atomic E-state index is 4.80. The zero-order valence-corrected chi connectivity index (χ0v) is 51.4. The second-order valence-corrected chi connectivity index (χ2v) is 23.2. The van der Waals surface area contributed by atoms with Gasteiger partial charge in [0.1, 0.15) is 25.3 Å². The number of benzene rings is 12. The molecule has 16 rings (SSSR count). The van der Waals surface area contributed by atoms with Crippen molar-refractivity contribution in [1.82, 2.24) is 39.9 Å². The van der Waals surface area contributed by atoms with Gasteiger partial charge in [-0.15, -0.1) is 0 Å². The molecule has 0 unspecified atom stereocenters. The molecule has 0 aliphatic rings. The quantitative estimate of drug-likeness (QED) is 0.0858. The normalized spacial score (nSPS) is 11.7. The van der Waals surface area contributed by atoms with E-state index >= 15 is 0 Å². The van der Waals surface area contributed by atoms with Crippen molar-refractivity contribution in [3.8, 4) is 0 Å². The minimum absolute atomic E-state index is 0.755. The highest BCUT2D eigenvalue weighted by Crippen LogP contribution is 2.56. The van der Waals surface area contributed by atoms with E-state index in [1.807, 2.05) is 24.8 Å². The molecule has 0 aliphatic heterocycles. The molecule has 0 spiro atoms. The van der Waals surface area contributed by atoms with Crippen LogP contribution in [0.4, 0.5) is 68.2 Å². The number of para-hydroxylation sites is 4. The van der Waals surface area contributed by atoms with Crippen molar-refractivity contribution in [3.63, 3.8) is 0 Å². The van der Waals surface area contributed by atoms with Gasteiger partial charge < -0.3 is 19.6 Å². The van der Waals surface area contributed by atoms with Crippen molar-refractivity contribution in [2.24, 2.45) is 0 Å². The standard InChI is InChI=1S/C80H62N12/c1-5-51-33-67-55(43-81-47-85-67)37-71(51)89(59-21-13-9-14-22-59)75-41-76(90(60-23-15-10-16-24-60)72-38-56-44-82-48-86-68(56)34-52(72)6-2)64-31-32-66-78(92(62-27-19-12-20-28-62)74-40-58-46-84-50-88-70(58)36-54(74)8-4)42-77(65-30-29-63(75)79(64)80(65)66)91(61-25-17-11-18-26-61)73-39-57-45-83-49-87-69(57)35-53(73)7-3/h9-50H,5-8H2,1-4H3. The van der Waals surface area contributed by atoms with E-state index in [0.717, 1.165) is 192 Å². The molecule has 0 amide bonds. The van der Waals surface area contributed by atoms with Crippen LogP contribution in [0.2, 0.25) is 0 Å². The van der Waals surface area contributed by atoms with E-state index in [1.54, 1.807) is 25.3 Å². The molecule has 0 saturated heterocycles. The molecule has 0 atom stereocenters. The Labute approximate surface area is 532 Å². The fraction of sp³-hybridized carbons (Fsp3) is 0.100. The Bertz CT molecular complexity index is 4770. The minimum atomic E-state index is 0.755. The van der Waals surface area contributed by atoms with E-state index in [-0.39, 0.29) is 0 Å². The summed E-state index contributed by atoms with van der Waals surface area (Å²) in [5.41, 5.74) is 20.4. The number of anilines is 12. The van der Waals surface area contributed by atoms with E-state index in [9.17, 15) is 0 Å². The van der Waals surface area contributed by atoms with Crippen molar-refractivity contribution >= 4 is 144 Å². The Morgan fingerprint density at radius 1 is 0.250 bits per heavy atom. The average molecular weight is 1190 g/mol. The molecular weight excluding hydrogens is 1130 g/mol. The summed E-state index contributed by atoms with van der Waals surface area (Å²) in [6.07, 6.45) is 17.3. The summed E-state index contributed by atoms with van der Waals surface area (Å²) in [5, 5.41) is 10.3. The number of fused-ring (bicyclic) bond motifs is 4. The summed E-state index contributed by atoms with van der Waals surface area (Å²) in [6.45, 7) is 8.93. The second-order valence-electron chi connectivity index (χ2n) is 23.2. The number of hydrogen-bond donors (Lipinski definition) is 0. The highest BCUT2D eigenvalue weighted by Gasteiger charge is 2.31. The minimum Gasteiger partial charge on any atom is -0.309 e. The molecule has 0 N–H and O–H groups in total. The third kappa shape index (κ3) is 9.45. The highest BCUT2D eigenvalue weighted by atomic mass is 15.2. The van der Waals surface area contributed by atoms with Crippen LogP contribution in [0.25, 0.3) is 75.9 Å². The first-order valence-electron chi connectivity index (χ1n) is 31.6. The summed E-state index contributed by atoms with van der Waals surface area (Å²) in [6, 6.07) is 75.7. The lowest BCUT2D eigenvalue weighted by Crippen LogP contribution is -2.17. The first-order chi connectivity index (χ1) is 45.5. The van der Waals surface area contributed by atoms with Crippen LogP contribution in [0.5, 0.6) is 0 Å². The molecule has 0 aliphatic carbocycles. The molecule has 12 nitrogen and oxygen atoms in total. The monoisotopic (exact) mass is 1190 g/mol. The summed E-state index contributed by atoms with van der Waals surface area (Å²) in [5.74, 6) is 0. The molecule has 0 fully saturated rings. The van der Waals surface area contributed by atoms with Crippen LogP contribution in [0, 0.1) is 0 Å². The Balaban J connectivity index is 1.12. The summed E-state index contributed by atoms with van der Waals surface area (Å²) >= 11 is 0. The molecule has 4 aromatic heterocycles. The lowest BCUT2D eigenvalue weighted by molar-refractivity contribution is 1.11. The van der Waals surface area contributed by atoms with Crippen molar-refractivity contribution in [1.29, 1.82) is 0 Å². The fourth-order valence-corrected chi connectivity index (χ4v) is 13.8. The molecule has 0 radical (unpaired) electrons. The number of rotatable bonds is 16. The van der Waals surface area contributed by atoms with Gasteiger partial charge in [-0.2, -0.15) is 0 Å². The number of hydrogen-bond acceptors (Lipinski definition) is 12. The lowest BCUT2D eigenvalue weighted by atomic mass is 9.88. The van der Waals surface area contributed by atoms with Gasteiger partial charge in [0.15, 0.2) is 0 Å². The number of aromatic nitrogens is 8. The number of aryl methyl sites for hydroxylation is 4. The molecule has 92 heavy (non-hydrogen) atoms. The number of nitrogens with zero attached hydrogens (tertiary/aromatic N) is 12. The first kappa shape index (κ1) is 55.5. The third-order valence-corrected chi connectivity index (χ3v) is 18.1. The SMILES string of the molecule is CCc1cc2ncncc2cc1N(c1ccccc1)c1cc(N(c2ccccc2)c2cc3cncnc3cc2CC)c2ccc3c(N(c4ccccc4)c4cc5cncnc5cc4CC)cc(N(c4ccccc4)c4cc5cncnc5cc4CC)c4ccc1c2c43. The molecule has 4 heterocycles. The Kier molecular flexibility index (Phi) is 14.1. The predicted octanol–water partition coefficient (Wildman–Crippen LogP) is 20.5. The molecule has 16 aromatic rings. The highest BCUT2D eigenvalue weighted by molar-refractivity contribution is 6.33. The van der Waals surface area contributed by atoms with E-state index < -0.39 is 0 Å².